The van der Waals surface area contributed by atoms with Crippen molar-refractivity contribution < 1.29 is 13.9 Å². The number of methoxy groups -OCH3 is 1. The van der Waals surface area contributed by atoms with Gasteiger partial charge < -0.3 is 10.1 Å². The molecule has 0 radical (unpaired) electrons. The Kier molecular flexibility index (Phi) is 4.66. The summed E-state index contributed by atoms with van der Waals surface area (Å²) >= 11 is 1.35. The summed E-state index contributed by atoms with van der Waals surface area (Å²) in [5.74, 6) is -0.353. The van der Waals surface area contributed by atoms with Gasteiger partial charge in [-0.05, 0) is 43.3 Å². The Bertz CT molecular complexity index is 1290. The van der Waals surface area contributed by atoms with Gasteiger partial charge in [-0.2, -0.15) is 14.9 Å². The molecule has 0 aliphatic rings. The third kappa shape index (κ3) is 3.39. The number of nitrogens with one attached hydrogen (secondary N) is 1. The molecular formula is C19H13FN6O2S. The molecule has 0 spiro atoms. The van der Waals surface area contributed by atoms with Gasteiger partial charge in [-0.3, -0.25) is 4.79 Å². The Balaban J connectivity index is 1.68. The minimum Gasteiger partial charge on any atom is -0.495 e. The van der Waals surface area contributed by atoms with E-state index < -0.39 is 11.7 Å². The van der Waals surface area contributed by atoms with Gasteiger partial charge in [-0.1, -0.05) is 11.3 Å². The lowest BCUT2D eigenvalue weighted by molar-refractivity contribution is 0.102. The molecule has 144 valence electrons. The summed E-state index contributed by atoms with van der Waals surface area (Å²) in [5, 5.41) is 24.7. The Morgan fingerprint density at radius 2 is 2.10 bits per heavy atom. The number of hydrogen-bond acceptors (Lipinski definition) is 7. The zero-order valence-electron chi connectivity index (χ0n) is 15.3. The monoisotopic (exact) mass is 408 g/mol. The molecule has 2 aromatic carbocycles. The first kappa shape index (κ1) is 18.5. The second kappa shape index (κ2) is 7.29. The predicted molar refractivity (Wildman–Crippen MR) is 104 cm³/mol. The van der Waals surface area contributed by atoms with Crippen LogP contribution in [0.2, 0.25) is 0 Å². The molecule has 0 aliphatic carbocycles. The van der Waals surface area contributed by atoms with Crippen LogP contribution in [-0.2, 0) is 0 Å². The molecule has 0 bridgehead atoms. The molecule has 0 unspecified atom stereocenters. The highest BCUT2D eigenvalue weighted by Gasteiger charge is 2.17. The van der Waals surface area contributed by atoms with E-state index in [0.717, 1.165) is 11.6 Å². The van der Waals surface area contributed by atoms with Crippen LogP contribution in [-0.4, -0.2) is 32.8 Å². The first-order valence-corrected chi connectivity index (χ1v) is 9.20. The topological polar surface area (TPSA) is 105 Å². The predicted octanol–water partition coefficient (Wildman–Crippen LogP) is 3.43. The molecule has 1 N–H and O–H groups in total. The van der Waals surface area contributed by atoms with Gasteiger partial charge in [-0.15, -0.1) is 10.2 Å². The Labute approximate surface area is 168 Å². The molecule has 4 aromatic rings. The van der Waals surface area contributed by atoms with E-state index >= 15 is 0 Å². The van der Waals surface area contributed by atoms with E-state index in [1.54, 1.807) is 29.6 Å². The molecule has 0 saturated heterocycles. The van der Waals surface area contributed by atoms with E-state index in [2.05, 4.69) is 20.6 Å². The van der Waals surface area contributed by atoms with Crippen LogP contribution in [0.15, 0.2) is 36.4 Å². The lowest BCUT2D eigenvalue weighted by Gasteiger charge is -2.12. The van der Waals surface area contributed by atoms with E-state index in [-0.39, 0.29) is 11.1 Å². The van der Waals surface area contributed by atoms with Gasteiger partial charge in [0.1, 0.15) is 16.6 Å². The van der Waals surface area contributed by atoms with Gasteiger partial charge in [-0.25, -0.2) is 4.39 Å². The largest absolute Gasteiger partial charge is 0.495 e. The van der Waals surface area contributed by atoms with E-state index in [9.17, 15) is 9.18 Å². The molecule has 8 nitrogen and oxygen atoms in total. The summed E-state index contributed by atoms with van der Waals surface area (Å²) < 4.78 is 21.1. The smallest absolute Gasteiger partial charge is 0.258 e. The minimum atomic E-state index is -0.777. The molecule has 0 atom stereocenters. The van der Waals surface area contributed by atoms with E-state index in [4.69, 9.17) is 10.00 Å². The number of nitrogens with zero attached hydrogens (tertiary/aromatic N) is 5. The first-order chi connectivity index (χ1) is 14.0. The number of hydrogen-bond donors (Lipinski definition) is 1. The fraction of sp³-hybridized carbons (Fsp3) is 0.105. The van der Waals surface area contributed by atoms with Crippen molar-refractivity contribution in [3.05, 3.63) is 59.2 Å². The van der Waals surface area contributed by atoms with Gasteiger partial charge in [0.25, 0.3) is 5.91 Å². The van der Waals surface area contributed by atoms with Crippen molar-refractivity contribution in [2.24, 2.45) is 0 Å². The Morgan fingerprint density at radius 3 is 2.79 bits per heavy atom. The number of ether oxygens (including phenoxy) is 1. The number of aryl methyl sites for hydroxylation is 1. The fourth-order valence-corrected chi connectivity index (χ4v) is 3.61. The van der Waals surface area contributed by atoms with Crippen molar-refractivity contribution in [1.82, 2.24) is 19.8 Å². The molecule has 0 aliphatic heterocycles. The number of carbonyl (C=O) groups excluding carboxylic acids is 1. The second-order valence-corrected chi connectivity index (χ2v) is 6.98. The normalized spacial score (nSPS) is 10.7. The van der Waals surface area contributed by atoms with Crippen LogP contribution in [0.25, 0.3) is 15.5 Å². The van der Waals surface area contributed by atoms with Gasteiger partial charge in [0.15, 0.2) is 5.82 Å². The van der Waals surface area contributed by atoms with Crippen LogP contribution in [0.5, 0.6) is 5.75 Å². The van der Waals surface area contributed by atoms with Gasteiger partial charge in [0.2, 0.25) is 4.96 Å². The van der Waals surface area contributed by atoms with Crippen LogP contribution in [0.4, 0.5) is 10.1 Å². The van der Waals surface area contributed by atoms with Crippen molar-refractivity contribution >= 4 is 27.9 Å². The van der Waals surface area contributed by atoms with Crippen molar-refractivity contribution in [2.45, 2.75) is 6.92 Å². The molecule has 29 heavy (non-hydrogen) atoms. The van der Waals surface area contributed by atoms with Crippen molar-refractivity contribution in [3.63, 3.8) is 0 Å². The summed E-state index contributed by atoms with van der Waals surface area (Å²) in [4.78, 5) is 13.2. The van der Waals surface area contributed by atoms with Gasteiger partial charge in [0.05, 0.1) is 30.0 Å². The first-order valence-electron chi connectivity index (χ1n) is 8.38. The van der Waals surface area contributed by atoms with Gasteiger partial charge >= 0.3 is 0 Å². The summed E-state index contributed by atoms with van der Waals surface area (Å²) in [6, 6.07) is 10.7. The Morgan fingerprint density at radius 1 is 1.28 bits per heavy atom. The third-order valence-corrected chi connectivity index (χ3v) is 5.13. The van der Waals surface area contributed by atoms with Crippen molar-refractivity contribution in [1.29, 1.82) is 5.26 Å². The number of fused-ring (bicyclic) bond motifs is 1. The second-order valence-electron chi connectivity index (χ2n) is 6.02. The standard InChI is InChI=1S/C19H13FN6O2S/c1-10-23-24-19-26(10)25-18(29-19)12-4-6-16(28-2)15(8-12)22-17(27)13-5-3-11(9-21)7-14(13)20/h3-8H,1-2H3,(H,22,27). The molecule has 1 amide bonds. The van der Waals surface area contributed by atoms with Crippen LogP contribution in [0.1, 0.15) is 21.7 Å². The Hall–Kier alpha value is -3.84. The maximum atomic E-state index is 14.2. The molecule has 0 fully saturated rings. The number of nitriles is 1. The van der Waals surface area contributed by atoms with Crippen molar-refractivity contribution in [2.75, 3.05) is 12.4 Å². The lowest BCUT2D eigenvalue weighted by atomic mass is 10.1. The summed E-state index contributed by atoms with van der Waals surface area (Å²) in [6.45, 7) is 1.80. The van der Waals surface area contributed by atoms with Crippen LogP contribution in [0.3, 0.4) is 0 Å². The van der Waals surface area contributed by atoms with Gasteiger partial charge in [0, 0.05) is 5.56 Å². The van der Waals surface area contributed by atoms with Crippen LogP contribution >= 0.6 is 11.3 Å². The SMILES string of the molecule is COc1ccc(-c2nn3c(C)nnc3s2)cc1NC(=O)c1ccc(C#N)cc1F. The van der Waals surface area contributed by atoms with Crippen LogP contribution in [0, 0.1) is 24.1 Å². The molecule has 2 aromatic heterocycles. The molecule has 10 heteroatoms. The number of amides is 1. The molecular weight excluding hydrogens is 395 g/mol. The average Bonchev–Trinajstić information content (AvgIpc) is 3.29. The molecule has 0 saturated carbocycles. The zero-order chi connectivity index (χ0) is 20.5. The van der Waals surface area contributed by atoms with E-state index in [0.29, 0.717) is 27.2 Å². The molecule has 4 rings (SSSR count). The average molecular weight is 408 g/mol. The highest BCUT2D eigenvalue weighted by molar-refractivity contribution is 7.19. The van der Waals surface area contributed by atoms with Crippen molar-refractivity contribution in [3.8, 4) is 22.4 Å². The highest BCUT2D eigenvalue weighted by atomic mass is 32.1. The number of rotatable bonds is 4. The quantitative estimate of drug-likeness (QED) is 0.555. The highest BCUT2D eigenvalue weighted by Crippen LogP contribution is 2.33. The zero-order valence-corrected chi connectivity index (χ0v) is 16.1. The van der Waals surface area contributed by atoms with E-state index in [1.165, 1.54) is 30.6 Å². The number of benzene rings is 2. The summed E-state index contributed by atoms with van der Waals surface area (Å²) in [5.41, 5.74) is 1.06. The summed E-state index contributed by atoms with van der Waals surface area (Å²) in [6.07, 6.45) is 0. The fourth-order valence-electron chi connectivity index (χ4n) is 2.73. The molecule has 2 heterocycles. The number of aromatic nitrogens is 4. The number of halogens is 1. The van der Waals surface area contributed by atoms with Crippen LogP contribution < -0.4 is 10.1 Å². The number of carbonyl (C=O) groups is 1. The van der Waals surface area contributed by atoms with E-state index in [1.807, 2.05) is 6.07 Å². The minimum absolute atomic E-state index is 0.136. The third-order valence-electron chi connectivity index (χ3n) is 4.18. The summed E-state index contributed by atoms with van der Waals surface area (Å²) in [7, 11) is 1.47. The maximum absolute atomic E-state index is 14.2. The number of anilines is 1. The lowest BCUT2D eigenvalue weighted by Crippen LogP contribution is -2.14. The maximum Gasteiger partial charge on any atom is 0.258 e.